The Labute approximate surface area is 172 Å². The second-order valence-electron chi connectivity index (χ2n) is 4.36. The van der Waals surface area contributed by atoms with Gasteiger partial charge in [0.05, 0.1) is 9.85 Å². The van der Waals surface area contributed by atoms with Crippen LogP contribution < -0.4 is 0 Å². The Kier molecular flexibility index (Phi) is 9.05. The van der Waals surface area contributed by atoms with Crippen molar-refractivity contribution in [1.82, 2.24) is 0 Å². The van der Waals surface area contributed by atoms with Crippen LogP contribution in [0.2, 0.25) is 0 Å². The van der Waals surface area contributed by atoms with Gasteiger partial charge in [-0.3, -0.25) is 20.2 Å². The molecule has 0 saturated carbocycles. The van der Waals surface area contributed by atoms with E-state index in [9.17, 15) is 46.2 Å². The fourth-order valence-electron chi connectivity index (χ4n) is 1.64. The molecule has 2 rings (SSSR count). The quantitative estimate of drug-likeness (QED) is 0.204. The molecule has 0 aliphatic heterocycles. The molecule has 0 fully saturated rings. The van der Waals surface area contributed by atoms with Gasteiger partial charge in [-0.2, -0.15) is 0 Å². The van der Waals surface area contributed by atoms with Crippen LogP contribution in [0.25, 0.3) is 0 Å². The van der Waals surface area contributed by atoms with E-state index in [4.69, 9.17) is 0 Å². The summed E-state index contributed by atoms with van der Waals surface area (Å²) >= 11 is 0. The number of nitro groups is 2. The Morgan fingerprint density at radius 2 is 0.889 bits per heavy atom. The summed E-state index contributed by atoms with van der Waals surface area (Å²) in [5.74, 6) is 0. The van der Waals surface area contributed by atoms with Gasteiger partial charge in [0.25, 0.3) is 11.4 Å². The fraction of sp³-hybridized carbons (Fsp3) is 0. The van der Waals surface area contributed by atoms with Crippen molar-refractivity contribution in [2.75, 3.05) is 0 Å². The normalized spacial score (nSPS) is 10.7. The Morgan fingerprint density at radius 1 is 0.630 bits per heavy atom. The number of rotatable bonds is 4. The molecule has 0 atom stereocenters. The first-order chi connectivity index (χ1) is 11.9. The van der Waals surface area contributed by atoms with Crippen LogP contribution in [0, 0.1) is 20.2 Å². The van der Waals surface area contributed by atoms with Crippen LogP contribution in [0.5, 0.6) is 0 Å². The van der Waals surface area contributed by atoms with Crippen LogP contribution in [0.15, 0.2) is 58.3 Å². The number of nitro benzene ring substituents is 2. The SMILES string of the molecule is O=[N+]([O-])c1ccccc1S(=O)(=O)[O-].O=[N+]([O-])c1ccccc1S(=O)(=O)[O-].[Pb+2]. The second-order valence-corrected chi connectivity index (χ2v) is 7.05. The van der Waals surface area contributed by atoms with Gasteiger partial charge in [-0.15, -0.1) is 0 Å². The van der Waals surface area contributed by atoms with Gasteiger partial charge >= 0.3 is 27.3 Å². The van der Waals surface area contributed by atoms with E-state index in [1.807, 2.05) is 0 Å². The first-order valence-electron chi connectivity index (χ1n) is 6.24. The van der Waals surface area contributed by atoms with Crippen molar-refractivity contribution in [3.05, 3.63) is 68.8 Å². The van der Waals surface area contributed by atoms with Crippen molar-refractivity contribution in [3.8, 4) is 0 Å². The summed E-state index contributed by atoms with van der Waals surface area (Å²) in [6.07, 6.45) is 0. The molecule has 27 heavy (non-hydrogen) atoms. The molecule has 0 aliphatic rings. The van der Waals surface area contributed by atoms with E-state index in [0.29, 0.717) is 0 Å². The fourth-order valence-corrected chi connectivity index (χ4v) is 2.93. The minimum atomic E-state index is -4.77. The molecular weight excluding hydrogens is 603 g/mol. The van der Waals surface area contributed by atoms with Gasteiger partial charge in [0.2, 0.25) is 0 Å². The molecule has 2 aromatic carbocycles. The van der Waals surface area contributed by atoms with E-state index in [1.165, 1.54) is 24.3 Å². The zero-order valence-corrected chi connectivity index (χ0v) is 18.4. The Balaban J connectivity index is 0.000000483. The minimum absolute atomic E-state index is 0. The topological polar surface area (TPSA) is 201 Å². The first kappa shape index (κ1) is 25.0. The van der Waals surface area contributed by atoms with Gasteiger partial charge in [0, 0.05) is 12.1 Å². The predicted molar refractivity (Wildman–Crippen MR) is 87.9 cm³/mol. The molecule has 15 heteroatoms. The average molecular weight is 612 g/mol. The Bertz CT molecular complexity index is 968. The number of para-hydroxylation sites is 2. The van der Waals surface area contributed by atoms with Crippen molar-refractivity contribution in [3.63, 3.8) is 0 Å². The summed E-state index contributed by atoms with van der Waals surface area (Å²) in [5.41, 5.74) is -1.39. The molecule has 2 aromatic rings. The molecule has 142 valence electrons. The maximum atomic E-state index is 10.5. The molecule has 2 radical (unpaired) electrons. The van der Waals surface area contributed by atoms with E-state index >= 15 is 0 Å². The maximum Gasteiger partial charge on any atom is 2.00 e. The zero-order chi connectivity index (χ0) is 20.1. The molecule has 0 aliphatic carbocycles. The van der Waals surface area contributed by atoms with Gasteiger partial charge in [0.1, 0.15) is 30.0 Å². The summed E-state index contributed by atoms with van der Waals surface area (Å²) < 4.78 is 63.0. The third kappa shape index (κ3) is 7.25. The largest absolute Gasteiger partial charge is 2.00 e. The summed E-state index contributed by atoms with van der Waals surface area (Å²) in [5, 5.41) is 20.5. The molecule has 0 saturated heterocycles. The third-order valence-electron chi connectivity index (χ3n) is 2.66. The summed E-state index contributed by atoms with van der Waals surface area (Å²) in [6, 6.07) is 8.80. The standard InChI is InChI=1S/2C6H5NO5S.Pb/c2*8-7(9)5-3-1-2-4-6(5)13(10,11)12;/h2*1-4H,(H,10,11,12);/q;;+2/p-2. The van der Waals surface area contributed by atoms with E-state index in [2.05, 4.69) is 0 Å². The Morgan fingerprint density at radius 3 is 1.07 bits per heavy atom. The van der Waals surface area contributed by atoms with Gasteiger partial charge in [0.15, 0.2) is 0 Å². The van der Waals surface area contributed by atoms with Gasteiger partial charge in [-0.1, -0.05) is 24.3 Å². The second kappa shape index (κ2) is 9.78. The van der Waals surface area contributed by atoms with Crippen molar-refractivity contribution in [2.45, 2.75) is 9.79 Å². The average Bonchev–Trinajstić information content (AvgIpc) is 2.54. The molecule has 0 aromatic heterocycles. The smallest absolute Gasteiger partial charge is 0.744 e. The van der Waals surface area contributed by atoms with Crippen molar-refractivity contribution in [1.29, 1.82) is 0 Å². The van der Waals surface area contributed by atoms with E-state index in [-0.39, 0.29) is 27.3 Å². The van der Waals surface area contributed by atoms with Crippen LogP contribution in [-0.2, 0) is 20.2 Å². The van der Waals surface area contributed by atoms with Crippen molar-refractivity contribution in [2.24, 2.45) is 0 Å². The molecule has 0 bridgehead atoms. The molecular formula is C12H8N2O10PbS2. The van der Waals surface area contributed by atoms with Crippen molar-refractivity contribution >= 4 is 58.9 Å². The predicted octanol–water partition coefficient (Wildman–Crippen LogP) is 0.617. The number of hydrogen-bond acceptors (Lipinski definition) is 10. The van der Waals surface area contributed by atoms with Gasteiger partial charge in [-0.05, 0) is 12.1 Å². The summed E-state index contributed by atoms with van der Waals surface area (Å²) in [7, 11) is -9.54. The maximum absolute atomic E-state index is 10.5. The number of hydrogen-bond donors (Lipinski definition) is 0. The van der Waals surface area contributed by atoms with Crippen LogP contribution >= 0.6 is 0 Å². The van der Waals surface area contributed by atoms with Crippen molar-refractivity contribution < 1.29 is 35.8 Å². The van der Waals surface area contributed by atoms with Gasteiger partial charge < -0.3 is 9.11 Å². The minimum Gasteiger partial charge on any atom is -0.744 e. The molecule has 0 unspecified atom stereocenters. The van der Waals surface area contributed by atoms with E-state index in [1.54, 1.807) is 0 Å². The van der Waals surface area contributed by atoms with Crippen LogP contribution in [-0.4, -0.2) is 63.1 Å². The van der Waals surface area contributed by atoms with E-state index < -0.39 is 51.2 Å². The summed E-state index contributed by atoms with van der Waals surface area (Å²) in [4.78, 5) is 17.1. The van der Waals surface area contributed by atoms with Crippen LogP contribution in [0.4, 0.5) is 11.4 Å². The third-order valence-corrected chi connectivity index (χ3v) is 4.43. The van der Waals surface area contributed by atoms with Gasteiger partial charge in [-0.25, -0.2) is 16.8 Å². The number of benzene rings is 2. The first-order valence-corrected chi connectivity index (χ1v) is 9.06. The van der Waals surface area contributed by atoms with Crippen LogP contribution in [0.1, 0.15) is 0 Å². The molecule has 0 N–H and O–H groups in total. The molecule has 0 amide bonds. The van der Waals surface area contributed by atoms with E-state index in [0.717, 1.165) is 24.3 Å². The van der Waals surface area contributed by atoms with Crippen LogP contribution in [0.3, 0.4) is 0 Å². The Hall–Kier alpha value is -2.02. The zero-order valence-electron chi connectivity index (χ0n) is 12.9. The molecule has 0 spiro atoms. The summed E-state index contributed by atoms with van der Waals surface area (Å²) in [6.45, 7) is 0. The number of nitrogens with zero attached hydrogens (tertiary/aromatic N) is 2. The molecule has 0 heterocycles. The monoisotopic (exact) mass is 612 g/mol. The molecule has 12 nitrogen and oxygen atoms in total.